The molecule has 1 unspecified atom stereocenters. The van der Waals surface area contributed by atoms with Crippen molar-refractivity contribution in [3.63, 3.8) is 0 Å². The van der Waals surface area contributed by atoms with Crippen molar-refractivity contribution in [1.29, 1.82) is 0 Å². The molecule has 21 heavy (non-hydrogen) atoms. The van der Waals surface area contributed by atoms with Crippen molar-refractivity contribution in [1.82, 2.24) is 0 Å². The number of esters is 1. The van der Waals surface area contributed by atoms with Gasteiger partial charge in [0.25, 0.3) is 0 Å². The van der Waals surface area contributed by atoms with Gasteiger partial charge in [0, 0.05) is 11.2 Å². The summed E-state index contributed by atoms with van der Waals surface area (Å²) in [6, 6.07) is 9.46. The van der Waals surface area contributed by atoms with Crippen LogP contribution in [-0.4, -0.2) is 11.5 Å². The van der Waals surface area contributed by atoms with Gasteiger partial charge in [-0.3, -0.25) is 0 Å². The predicted octanol–water partition coefficient (Wildman–Crippen LogP) is 4.67. The van der Waals surface area contributed by atoms with Crippen LogP contribution in [0, 0.1) is 0 Å². The van der Waals surface area contributed by atoms with Crippen LogP contribution in [0.3, 0.4) is 0 Å². The maximum absolute atomic E-state index is 12.0. The number of carbonyl (C=O) groups excluding carboxylic acids is 1. The molecule has 2 aromatic rings. The third kappa shape index (κ3) is 2.95. The Hall–Kier alpha value is -1.81. The van der Waals surface area contributed by atoms with Crippen molar-refractivity contribution in [3.8, 4) is 5.75 Å². The van der Waals surface area contributed by atoms with Crippen LogP contribution in [0.5, 0.6) is 5.75 Å². The molecule has 1 aromatic heterocycles. The molecular weight excluding hydrogens is 282 g/mol. The largest absolute Gasteiger partial charge is 0.422 e. The molecule has 1 aliphatic heterocycles. The summed E-state index contributed by atoms with van der Waals surface area (Å²) < 4.78 is 5.47. The predicted molar refractivity (Wildman–Crippen MR) is 86.5 cm³/mol. The topological polar surface area (TPSA) is 38.3 Å². The second kappa shape index (κ2) is 5.19. The number of hydrogen-bond donors (Lipinski definition) is 1. The van der Waals surface area contributed by atoms with Gasteiger partial charge < -0.3 is 10.1 Å². The Morgan fingerprint density at radius 2 is 2.19 bits per heavy atom. The zero-order valence-corrected chi connectivity index (χ0v) is 13.3. The van der Waals surface area contributed by atoms with Crippen LogP contribution in [0.4, 0.5) is 5.69 Å². The Bertz CT molecular complexity index is 661. The SMILES string of the molecule is CC1CC(C)(C)Nc2ccc(OC(=O)c3cccs3)cc21. The van der Waals surface area contributed by atoms with Gasteiger partial charge in [-0.2, -0.15) is 0 Å². The summed E-state index contributed by atoms with van der Waals surface area (Å²) in [5, 5.41) is 5.41. The highest BCUT2D eigenvalue weighted by atomic mass is 32.1. The molecule has 2 heterocycles. The molecular formula is C17H19NO2S. The summed E-state index contributed by atoms with van der Waals surface area (Å²) in [7, 11) is 0. The van der Waals surface area contributed by atoms with E-state index >= 15 is 0 Å². The van der Waals surface area contributed by atoms with E-state index in [1.54, 1.807) is 6.07 Å². The molecule has 0 fully saturated rings. The first-order valence-electron chi connectivity index (χ1n) is 7.12. The molecule has 1 atom stereocenters. The second-order valence-electron chi connectivity index (χ2n) is 6.23. The molecule has 0 saturated heterocycles. The van der Waals surface area contributed by atoms with E-state index in [-0.39, 0.29) is 11.5 Å². The Kier molecular flexibility index (Phi) is 3.49. The number of hydrogen-bond acceptors (Lipinski definition) is 4. The van der Waals surface area contributed by atoms with Gasteiger partial charge in [-0.25, -0.2) is 4.79 Å². The van der Waals surface area contributed by atoms with Crippen molar-refractivity contribution in [2.75, 3.05) is 5.32 Å². The summed E-state index contributed by atoms with van der Waals surface area (Å²) in [5.74, 6) is 0.763. The normalized spacial score (nSPS) is 19.5. The fourth-order valence-corrected chi connectivity index (χ4v) is 3.57. The lowest BCUT2D eigenvalue weighted by molar-refractivity contribution is 0.0739. The number of carbonyl (C=O) groups is 1. The van der Waals surface area contributed by atoms with Gasteiger partial charge in [-0.05, 0) is 61.4 Å². The summed E-state index contributed by atoms with van der Waals surface area (Å²) in [6.45, 7) is 6.63. The monoisotopic (exact) mass is 301 g/mol. The number of anilines is 1. The molecule has 1 N–H and O–H groups in total. The molecule has 0 bridgehead atoms. The van der Waals surface area contributed by atoms with Gasteiger partial charge in [-0.1, -0.05) is 13.0 Å². The van der Waals surface area contributed by atoms with Gasteiger partial charge in [-0.15, -0.1) is 11.3 Å². The van der Waals surface area contributed by atoms with E-state index in [4.69, 9.17) is 4.74 Å². The van der Waals surface area contributed by atoms with E-state index in [0.29, 0.717) is 16.5 Å². The maximum Gasteiger partial charge on any atom is 0.353 e. The van der Waals surface area contributed by atoms with E-state index < -0.39 is 0 Å². The third-order valence-electron chi connectivity index (χ3n) is 3.78. The van der Waals surface area contributed by atoms with Crippen molar-refractivity contribution < 1.29 is 9.53 Å². The van der Waals surface area contributed by atoms with Crippen molar-refractivity contribution in [2.24, 2.45) is 0 Å². The highest BCUT2D eigenvalue weighted by Crippen LogP contribution is 2.40. The minimum atomic E-state index is -0.290. The van der Waals surface area contributed by atoms with Crippen LogP contribution in [0.25, 0.3) is 0 Å². The quantitative estimate of drug-likeness (QED) is 0.647. The first-order valence-corrected chi connectivity index (χ1v) is 8.00. The average Bonchev–Trinajstić information content (AvgIpc) is 2.92. The van der Waals surface area contributed by atoms with Crippen LogP contribution in [0.2, 0.25) is 0 Å². The van der Waals surface area contributed by atoms with E-state index in [2.05, 4.69) is 26.1 Å². The van der Waals surface area contributed by atoms with Crippen LogP contribution < -0.4 is 10.1 Å². The van der Waals surface area contributed by atoms with Crippen LogP contribution in [-0.2, 0) is 0 Å². The molecule has 0 radical (unpaired) electrons. The molecule has 4 heteroatoms. The van der Waals surface area contributed by atoms with Gasteiger partial charge in [0.05, 0.1) is 0 Å². The van der Waals surface area contributed by atoms with E-state index in [1.807, 2.05) is 29.6 Å². The minimum absolute atomic E-state index is 0.0988. The van der Waals surface area contributed by atoms with Crippen LogP contribution >= 0.6 is 11.3 Å². The summed E-state index contributed by atoms with van der Waals surface area (Å²) >= 11 is 1.39. The first-order chi connectivity index (χ1) is 9.94. The third-order valence-corrected chi connectivity index (χ3v) is 4.63. The Morgan fingerprint density at radius 3 is 2.90 bits per heavy atom. The Morgan fingerprint density at radius 1 is 1.38 bits per heavy atom. The maximum atomic E-state index is 12.0. The number of nitrogens with one attached hydrogen (secondary N) is 1. The van der Waals surface area contributed by atoms with Crippen molar-refractivity contribution >= 4 is 23.0 Å². The Balaban J connectivity index is 1.83. The van der Waals surface area contributed by atoms with Gasteiger partial charge in [0.1, 0.15) is 10.6 Å². The number of fused-ring (bicyclic) bond motifs is 1. The minimum Gasteiger partial charge on any atom is -0.422 e. The lowest BCUT2D eigenvalue weighted by Crippen LogP contribution is -2.36. The average molecular weight is 301 g/mol. The first kappa shape index (κ1) is 14.1. The Labute approximate surface area is 129 Å². The van der Waals surface area contributed by atoms with E-state index in [1.165, 1.54) is 16.9 Å². The molecule has 1 aliphatic rings. The molecule has 0 spiro atoms. The lowest BCUT2D eigenvalue weighted by atomic mass is 9.82. The van der Waals surface area contributed by atoms with Gasteiger partial charge in [0.2, 0.25) is 0 Å². The fraction of sp³-hybridized carbons (Fsp3) is 0.353. The standard InChI is InChI=1S/C17H19NO2S/c1-11-10-17(2,3)18-14-7-6-12(9-13(11)14)20-16(19)15-5-4-8-21-15/h4-9,11,18H,10H2,1-3H3. The lowest BCUT2D eigenvalue weighted by Gasteiger charge is -2.37. The molecule has 3 rings (SSSR count). The van der Waals surface area contributed by atoms with Gasteiger partial charge in [0.15, 0.2) is 0 Å². The summed E-state index contributed by atoms with van der Waals surface area (Å²) in [6.07, 6.45) is 1.06. The zero-order valence-electron chi connectivity index (χ0n) is 12.5. The molecule has 0 aliphatic carbocycles. The number of rotatable bonds is 2. The van der Waals surface area contributed by atoms with Gasteiger partial charge >= 0.3 is 5.97 Å². The molecule has 0 saturated carbocycles. The molecule has 1 aromatic carbocycles. The number of ether oxygens (including phenoxy) is 1. The smallest absolute Gasteiger partial charge is 0.353 e. The highest BCUT2D eigenvalue weighted by molar-refractivity contribution is 7.12. The van der Waals surface area contributed by atoms with Crippen molar-refractivity contribution in [2.45, 2.75) is 38.6 Å². The zero-order chi connectivity index (χ0) is 15.0. The fourth-order valence-electron chi connectivity index (χ4n) is 2.97. The summed E-state index contributed by atoms with van der Waals surface area (Å²) in [4.78, 5) is 12.6. The highest BCUT2D eigenvalue weighted by Gasteiger charge is 2.29. The number of thiophene rings is 1. The van der Waals surface area contributed by atoms with Crippen LogP contribution in [0.15, 0.2) is 35.7 Å². The second-order valence-corrected chi connectivity index (χ2v) is 7.18. The molecule has 110 valence electrons. The van der Waals surface area contributed by atoms with Crippen LogP contribution in [0.1, 0.15) is 48.3 Å². The molecule has 0 amide bonds. The number of benzene rings is 1. The van der Waals surface area contributed by atoms with E-state index in [0.717, 1.165) is 12.1 Å². The molecule has 3 nitrogen and oxygen atoms in total. The summed E-state index contributed by atoms with van der Waals surface area (Å²) in [5.41, 5.74) is 2.45. The van der Waals surface area contributed by atoms with Crippen molar-refractivity contribution in [3.05, 3.63) is 46.2 Å². The van der Waals surface area contributed by atoms with E-state index in [9.17, 15) is 4.79 Å².